The molecule has 0 N–H and O–H groups in total. The van der Waals surface area contributed by atoms with Crippen molar-refractivity contribution in [3.8, 4) is 0 Å². The standard InChI is InChI=1S/C15H12ClN3O/c1-19-14-5-3-2-4-11(14)13(18-19)8-15(20)12-7-6-10(16)9-17-12/h2-7,9H,8H2,1H3. The summed E-state index contributed by atoms with van der Waals surface area (Å²) < 4.78 is 1.78. The highest BCUT2D eigenvalue weighted by atomic mass is 35.5. The summed E-state index contributed by atoms with van der Waals surface area (Å²) in [6.45, 7) is 0. The fourth-order valence-electron chi connectivity index (χ4n) is 2.20. The highest BCUT2D eigenvalue weighted by molar-refractivity contribution is 6.30. The van der Waals surface area contributed by atoms with Crippen molar-refractivity contribution in [2.75, 3.05) is 0 Å². The number of nitrogens with zero attached hydrogens (tertiary/aromatic N) is 3. The quantitative estimate of drug-likeness (QED) is 0.695. The molecule has 2 aromatic heterocycles. The predicted molar refractivity (Wildman–Crippen MR) is 78.0 cm³/mol. The third kappa shape index (κ3) is 2.30. The Hall–Kier alpha value is -2.20. The molecule has 0 amide bonds. The van der Waals surface area contributed by atoms with Gasteiger partial charge in [0, 0.05) is 18.6 Å². The van der Waals surface area contributed by atoms with Crippen LogP contribution in [0.3, 0.4) is 0 Å². The number of fused-ring (bicyclic) bond motifs is 1. The van der Waals surface area contributed by atoms with Crippen LogP contribution in [0, 0.1) is 0 Å². The number of pyridine rings is 1. The minimum atomic E-state index is -0.0643. The fraction of sp³-hybridized carbons (Fsp3) is 0.133. The first-order valence-electron chi connectivity index (χ1n) is 6.20. The minimum Gasteiger partial charge on any atom is -0.292 e. The van der Waals surface area contributed by atoms with Gasteiger partial charge in [0.05, 0.1) is 22.7 Å². The number of hydrogen-bond acceptors (Lipinski definition) is 3. The molecule has 0 bridgehead atoms. The number of benzene rings is 1. The van der Waals surface area contributed by atoms with Crippen LogP contribution in [0.25, 0.3) is 10.9 Å². The second kappa shape index (κ2) is 5.06. The minimum absolute atomic E-state index is 0.0643. The van der Waals surface area contributed by atoms with Crippen LogP contribution in [-0.2, 0) is 13.5 Å². The van der Waals surface area contributed by atoms with E-state index < -0.39 is 0 Å². The van der Waals surface area contributed by atoms with Gasteiger partial charge in [0.1, 0.15) is 5.69 Å². The second-order valence-electron chi connectivity index (χ2n) is 4.55. The van der Waals surface area contributed by atoms with Gasteiger partial charge in [-0.25, -0.2) is 0 Å². The average molecular weight is 286 g/mol. The molecule has 4 nitrogen and oxygen atoms in total. The van der Waals surface area contributed by atoms with Gasteiger partial charge in [-0.2, -0.15) is 5.10 Å². The van der Waals surface area contributed by atoms with Crippen LogP contribution in [0.2, 0.25) is 5.02 Å². The molecule has 0 aliphatic heterocycles. The van der Waals surface area contributed by atoms with Crippen molar-refractivity contribution in [3.05, 3.63) is 59.0 Å². The van der Waals surface area contributed by atoms with Crippen LogP contribution in [0.15, 0.2) is 42.6 Å². The molecule has 1 aromatic carbocycles. The summed E-state index contributed by atoms with van der Waals surface area (Å²) in [6, 6.07) is 11.2. The molecule has 0 saturated carbocycles. The average Bonchev–Trinajstić information content (AvgIpc) is 2.77. The molecule has 0 unspecified atom stereocenters. The van der Waals surface area contributed by atoms with Crippen molar-refractivity contribution in [3.63, 3.8) is 0 Å². The van der Waals surface area contributed by atoms with E-state index in [-0.39, 0.29) is 12.2 Å². The van der Waals surface area contributed by atoms with E-state index in [4.69, 9.17) is 11.6 Å². The van der Waals surface area contributed by atoms with E-state index in [0.29, 0.717) is 10.7 Å². The summed E-state index contributed by atoms with van der Waals surface area (Å²) in [6.07, 6.45) is 1.71. The van der Waals surface area contributed by atoms with Gasteiger partial charge in [0.2, 0.25) is 0 Å². The van der Waals surface area contributed by atoms with E-state index in [1.807, 2.05) is 31.3 Å². The molecule has 0 aliphatic rings. The summed E-state index contributed by atoms with van der Waals surface area (Å²) in [7, 11) is 1.87. The zero-order valence-electron chi connectivity index (χ0n) is 10.9. The van der Waals surface area contributed by atoms with Crippen molar-refractivity contribution in [2.45, 2.75) is 6.42 Å². The fourth-order valence-corrected chi connectivity index (χ4v) is 2.31. The number of hydrogen-bond donors (Lipinski definition) is 0. The normalized spacial score (nSPS) is 10.9. The van der Waals surface area contributed by atoms with Gasteiger partial charge < -0.3 is 0 Å². The number of carbonyl (C=O) groups is 1. The summed E-state index contributed by atoms with van der Waals surface area (Å²) in [5, 5.41) is 5.93. The number of aromatic nitrogens is 3. The van der Waals surface area contributed by atoms with Gasteiger partial charge in [-0.3, -0.25) is 14.5 Å². The number of para-hydroxylation sites is 1. The van der Waals surface area contributed by atoms with Gasteiger partial charge in [-0.1, -0.05) is 29.8 Å². The Morgan fingerprint density at radius 2 is 2.05 bits per heavy atom. The first-order chi connectivity index (χ1) is 9.65. The first-order valence-corrected chi connectivity index (χ1v) is 6.58. The van der Waals surface area contributed by atoms with Crippen LogP contribution in [0.5, 0.6) is 0 Å². The van der Waals surface area contributed by atoms with Gasteiger partial charge in [0.15, 0.2) is 5.78 Å². The van der Waals surface area contributed by atoms with Crippen molar-refractivity contribution < 1.29 is 4.79 Å². The van der Waals surface area contributed by atoms with Crippen molar-refractivity contribution in [1.82, 2.24) is 14.8 Å². The molecule has 0 aliphatic carbocycles. The summed E-state index contributed by atoms with van der Waals surface area (Å²) >= 11 is 5.77. The number of rotatable bonds is 3. The number of halogens is 1. The lowest BCUT2D eigenvalue weighted by Crippen LogP contribution is -2.06. The molecule has 0 saturated heterocycles. The van der Waals surface area contributed by atoms with E-state index in [9.17, 15) is 4.79 Å². The molecule has 20 heavy (non-hydrogen) atoms. The zero-order chi connectivity index (χ0) is 14.1. The predicted octanol–water partition coefficient (Wildman–Crippen LogP) is 3.05. The van der Waals surface area contributed by atoms with Crippen LogP contribution in [-0.4, -0.2) is 20.5 Å². The lowest BCUT2D eigenvalue weighted by molar-refractivity contribution is 0.0987. The maximum Gasteiger partial charge on any atom is 0.187 e. The third-order valence-electron chi connectivity index (χ3n) is 3.18. The molecule has 0 radical (unpaired) electrons. The maximum atomic E-state index is 12.2. The molecule has 0 spiro atoms. The molecular formula is C15H12ClN3O. The summed E-state index contributed by atoms with van der Waals surface area (Å²) in [4.78, 5) is 16.3. The maximum absolute atomic E-state index is 12.2. The molecule has 3 aromatic rings. The number of Topliss-reactive ketones (excluding diaryl/α,β-unsaturated/α-hetero) is 1. The molecule has 100 valence electrons. The Kier molecular flexibility index (Phi) is 3.24. The Morgan fingerprint density at radius 3 is 2.80 bits per heavy atom. The largest absolute Gasteiger partial charge is 0.292 e. The second-order valence-corrected chi connectivity index (χ2v) is 4.99. The van der Waals surface area contributed by atoms with Crippen molar-refractivity contribution in [2.24, 2.45) is 7.05 Å². The number of ketones is 1. The Bertz CT molecular complexity index is 777. The lowest BCUT2D eigenvalue weighted by Gasteiger charge is -1.98. The first kappa shape index (κ1) is 12.8. The molecule has 5 heteroatoms. The third-order valence-corrected chi connectivity index (χ3v) is 3.40. The zero-order valence-corrected chi connectivity index (χ0v) is 11.6. The van der Waals surface area contributed by atoms with Gasteiger partial charge >= 0.3 is 0 Å². The summed E-state index contributed by atoms with van der Waals surface area (Å²) in [5.41, 5.74) is 2.19. The molecular weight excluding hydrogens is 274 g/mol. The van der Waals surface area contributed by atoms with Crippen molar-refractivity contribution >= 4 is 28.3 Å². The van der Waals surface area contributed by atoms with Crippen LogP contribution >= 0.6 is 11.6 Å². The monoisotopic (exact) mass is 285 g/mol. The molecule has 0 fully saturated rings. The molecule has 2 heterocycles. The highest BCUT2D eigenvalue weighted by Gasteiger charge is 2.14. The van der Waals surface area contributed by atoms with Gasteiger partial charge in [-0.15, -0.1) is 0 Å². The van der Waals surface area contributed by atoms with E-state index in [1.165, 1.54) is 6.20 Å². The van der Waals surface area contributed by atoms with Crippen LogP contribution < -0.4 is 0 Å². The number of aryl methyl sites for hydroxylation is 1. The molecule has 0 atom stereocenters. The summed E-state index contributed by atoms with van der Waals surface area (Å²) in [5.74, 6) is -0.0643. The Labute approximate surface area is 121 Å². The van der Waals surface area contributed by atoms with E-state index in [0.717, 1.165) is 16.6 Å². The van der Waals surface area contributed by atoms with E-state index in [2.05, 4.69) is 10.1 Å². The Balaban J connectivity index is 1.93. The smallest absolute Gasteiger partial charge is 0.187 e. The van der Waals surface area contributed by atoms with Crippen molar-refractivity contribution in [1.29, 1.82) is 0 Å². The van der Waals surface area contributed by atoms with Gasteiger partial charge in [0.25, 0.3) is 0 Å². The van der Waals surface area contributed by atoms with E-state index >= 15 is 0 Å². The Morgan fingerprint density at radius 1 is 1.25 bits per heavy atom. The number of carbonyl (C=O) groups excluding carboxylic acids is 1. The van der Waals surface area contributed by atoms with E-state index in [1.54, 1.807) is 16.8 Å². The highest BCUT2D eigenvalue weighted by Crippen LogP contribution is 2.19. The topological polar surface area (TPSA) is 47.8 Å². The van der Waals surface area contributed by atoms with Crippen LogP contribution in [0.4, 0.5) is 0 Å². The SMILES string of the molecule is Cn1nc(CC(=O)c2ccc(Cl)cn2)c2ccccc21. The molecule has 3 rings (SSSR count). The lowest BCUT2D eigenvalue weighted by atomic mass is 10.1. The van der Waals surface area contributed by atoms with Crippen LogP contribution in [0.1, 0.15) is 16.2 Å². The van der Waals surface area contributed by atoms with Gasteiger partial charge in [-0.05, 0) is 18.2 Å².